The third kappa shape index (κ3) is 4.16. The lowest BCUT2D eigenvalue weighted by molar-refractivity contribution is 0.102. The largest absolute Gasteiger partial charge is 0.445 e. The average molecular weight is 307 g/mol. The number of rotatable bonds is 3. The van der Waals surface area contributed by atoms with Crippen molar-refractivity contribution in [2.75, 3.05) is 17.8 Å². The van der Waals surface area contributed by atoms with Crippen LogP contribution in [-0.2, 0) is 9.73 Å². The maximum atomic E-state index is 12.1. The van der Waals surface area contributed by atoms with Crippen molar-refractivity contribution in [3.63, 3.8) is 0 Å². The number of benzene rings is 1. The Morgan fingerprint density at radius 3 is 2.33 bits per heavy atom. The van der Waals surface area contributed by atoms with Crippen molar-refractivity contribution in [2.45, 2.75) is 13.8 Å². The third-order valence-electron chi connectivity index (χ3n) is 2.57. The minimum atomic E-state index is -2.19. The molecule has 1 amide bonds. The van der Waals surface area contributed by atoms with E-state index in [1.807, 2.05) is 0 Å². The Labute approximate surface area is 123 Å². The Morgan fingerprint density at radius 2 is 1.86 bits per heavy atom. The summed E-state index contributed by atoms with van der Waals surface area (Å²) in [5.74, 6) is 0.601. The number of amides is 1. The van der Waals surface area contributed by atoms with E-state index in [1.165, 1.54) is 0 Å². The minimum Gasteiger partial charge on any atom is -0.445 e. The van der Waals surface area contributed by atoms with Gasteiger partial charge in [0.25, 0.3) is 5.91 Å². The molecule has 1 aromatic heterocycles. The van der Waals surface area contributed by atoms with Gasteiger partial charge in [0.1, 0.15) is 5.76 Å². The van der Waals surface area contributed by atoms with Crippen molar-refractivity contribution in [2.24, 2.45) is 4.36 Å². The molecule has 0 radical (unpaired) electrons. The quantitative estimate of drug-likeness (QED) is 0.944. The molecule has 2 aromatic rings. The molecule has 0 saturated heterocycles. The zero-order valence-corrected chi connectivity index (χ0v) is 13.2. The molecule has 1 N–H and O–H groups in total. The second-order valence-corrected chi connectivity index (χ2v) is 7.46. The second kappa shape index (κ2) is 5.69. The number of oxazole rings is 1. The van der Waals surface area contributed by atoms with Gasteiger partial charge in [0, 0.05) is 34.9 Å². The highest BCUT2D eigenvalue weighted by Gasteiger charge is 2.15. The van der Waals surface area contributed by atoms with E-state index in [-0.39, 0.29) is 11.6 Å². The number of carbonyl (C=O) groups is 1. The first-order valence-corrected chi connectivity index (χ1v) is 8.60. The first kappa shape index (κ1) is 15.2. The van der Waals surface area contributed by atoms with Crippen LogP contribution in [0.15, 0.2) is 33.0 Å². The van der Waals surface area contributed by atoms with Crippen molar-refractivity contribution < 1.29 is 13.4 Å². The van der Waals surface area contributed by atoms with Gasteiger partial charge in [0.15, 0.2) is 11.6 Å². The maximum absolute atomic E-state index is 12.1. The molecule has 0 unspecified atom stereocenters. The molecule has 1 heterocycles. The standard InChI is InChI=1S/C14H17N3O3S/c1-9-13(15-10(2)20-9)14(18)16-11-5-7-12(8-6-11)17-21(3,4)19/h5-8H,1-4H3,(H,16,18). The zero-order chi connectivity index (χ0) is 15.6. The highest BCUT2D eigenvalue weighted by Crippen LogP contribution is 2.19. The van der Waals surface area contributed by atoms with Gasteiger partial charge in [-0.2, -0.15) is 4.36 Å². The molecule has 0 fully saturated rings. The fraction of sp³-hybridized carbons (Fsp3) is 0.286. The van der Waals surface area contributed by atoms with Gasteiger partial charge >= 0.3 is 0 Å². The highest BCUT2D eigenvalue weighted by molar-refractivity contribution is 7.92. The van der Waals surface area contributed by atoms with Gasteiger partial charge in [-0.05, 0) is 31.2 Å². The van der Waals surface area contributed by atoms with Crippen molar-refractivity contribution >= 4 is 27.0 Å². The molecular weight excluding hydrogens is 290 g/mol. The highest BCUT2D eigenvalue weighted by atomic mass is 32.2. The van der Waals surface area contributed by atoms with Gasteiger partial charge in [-0.1, -0.05) is 0 Å². The van der Waals surface area contributed by atoms with E-state index in [4.69, 9.17) is 4.42 Å². The number of hydrogen-bond acceptors (Lipinski definition) is 5. The van der Waals surface area contributed by atoms with Crippen LogP contribution in [0.25, 0.3) is 0 Å². The number of nitrogens with zero attached hydrogens (tertiary/aromatic N) is 2. The van der Waals surface area contributed by atoms with Crippen molar-refractivity contribution in [1.29, 1.82) is 0 Å². The van der Waals surface area contributed by atoms with E-state index in [0.29, 0.717) is 23.0 Å². The van der Waals surface area contributed by atoms with E-state index < -0.39 is 9.73 Å². The predicted octanol–water partition coefficient (Wildman–Crippen LogP) is 2.90. The van der Waals surface area contributed by atoms with Crippen molar-refractivity contribution in [1.82, 2.24) is 4.98 Å². The summed E-state index contributed by atoms with van der Waals surface area (Å²) in [5, 5.41) is 2.73. The lowest BCUT2D eigenvalue weighted by Crippen LogP contribution is -2.13. The Kier molecular flexibility index (Phi) is 4.13. The van der Waals surface area contributed by atoms with Crippen molar-refractivity contribution in [3.8, 4) is 0 Å². The SMILES string of the molecule is Cc1nc(C(=O)Nc2ccc(N=S(C)(C)=O)cc2)c(C)o1. The molecule has 0 aliphatic heterocycles. The topological polar surface area (TPSA) is 84.6 Å². The van der Waals surface area contributed by atoms with Crippen LogP contribution < -0.4 is 5.32 Å². The molecule has 6 nitrogen and oxygen atoms in total. The number of hydrogen-bond donors (Lipinski definition) is 1. The van der Waals surface area contributed by atoms with Crippen LogP contribution in [-0.4, -0.2) is 27.6 Å². The number of aromatic nitrogens is 1. The lowest BCUT2D eigenvalue weighted by atomic mass is 10.2. The Hall–Kier alpha value is -2.15. The molecule has 0 saturated carbocycles. The van der Waals surface area contributed by atoms with Crippen molar-refractivity contribution in [3.05, 3.63) is 41.6 Å². The summed E-state index contributed by atoms with van der Waals surface area (Å²) in [4.78, 5) is 16.1. The van der Waals surface area contributed by atoms with Gasteiger partial charge in [-0.15, -0.1) is 0 Å². The summed E-state index contributed by atoms with van der Waals surface area (Å²) in [6.45, 7) is 3.38. The minimum absolute atomic E-state index is 0.270. The summed E-state index contributed by atoms with van der Waals surface area (Å²) in [6.07, 6.45) is 3.14. The molecule has 7 heteroatoms. The van der Waals surface area contributed by atoms with Gasteiger partial charge in [0.2, 0.25) is 0 Å². The molecule has 2 rings (SSSR count). The summed E-state index contributed by atoms with van der Waals surface area (Å²) < 4.78 is 20.9. The normalized spacial score (nSPS) is 11.2. The molecule has 1 aromatic carbocycles. The lowest BCUT2D eigenvalue weighted by Gasteiger charge is -2.04. The molecule has 0 aliphatic rings. The Bertz CT molecular complexity index is 776. The van der Waals surface area contributed by atoms with Crippen LogP contribution in [0.3, 0.4) is 0 Å². The molecule has 21 heavy (non-hydrogen) atoms. The number of nitrogens with one attached hydrogen (secondary N) is 1. The van der Waals surface area contributed by atoms with Crippen LogP contribution in [0, 0.1) is 13.8 Å². The summed E-state index contributed by atoms with van der Waals surface area (Å²) in [5.41, 5.74) is 1.49. The van der Waals surface area contributed by atoms with E-state index in [0.717, 1.165) is 0 Å². The zero-order valence-electron chi connectivity index (χ0n) is 12.3. The molecule has 0 atom stereocenters. The molecule has 112 valence electrons. The Morgan fingerprint density at radius 1 is 1.24 bits per heavy atom. The van der Waals surface area contributed by atoms with Gasteiger partial charge in [-0.3, -0.25) is 4.79 Å². The van der Waals surface area contributed by atoms with Crippen LogP contribution in [0.1, 0.15) is 22.1 Å². The molecule has 0 aliphatic carbocycles. The van der Waals surface area contributed by atoms with E-state index >= 15 is 0 Å². The van der Waals surface area contributed by atoms with E-state index in [9.17, 15) is 9.00 Å². The monoisotopic (exact) mass is 307 g/mol. The van der Waals surface area contributed by atoms with Crippen LogP contribution in [0.2, 0.25) is 0 Å². The molecule has 0 spiro atoms. The number of anilines is 1. The third-order valence-corrected chi connectivity index (χ3v) is 3.22. The van der Waals surface area contributed by atoms with Crippen LogP contribution >= 0.6 is 0 Å². The second-order valence-electron chi connectivity index (χ2n) is 4.91. The Balaban J connectivity index is 2.16. The smallest absolute Gasteiger partial charge is 0.277 e. The summed E-state index contributed by atoms with van der Waals surface area (Å²) >= 11 is 0. The summed E-state index contributed by atoms with van der Waals surface area (Å²) in [6, 6.07) is 6.79. The molecule has 0 bridgehead atoms. The predicted molar refractivity (Wildman–Crippen MR) is 82.5 cm³/mol. The number of aryl methyl sites for hydroxylation is 2. The first-order chi connectivity index (χ1) is 9.74. The fourth-order valence-corrected chi connectivity index (χ4v) is 2.42. The molecular formula is C14H17N3O3S. The number of carbonyl (C=O) groups excluding carboxylic acids is 1. The van der Waals surface area contributed by atoms with Gasteiger partial charge in [-0.25, -0.2) is 9.19 Å². The van der Waals surface area contributed by atoms with Crippen LogP contribution in [0.4, 0.5) is 11.4 Å². The summed E-state index contributed by atoms with van der Waals surface area (Å²) in [7, 11) is -2.19. The van der Waals surface area contributed by atoms with Crippen LogP contribution in [0.5, 0.6) is 0 Å². The maximum Gasteiger partial charge on any atom is 0.277 e. The average Bonchev–Trinajstić information content (AvgIpc) is 2.69. The first-order valence-electron chi connectivity index (χ1n) is 6.27. The van der Waals surface area contributed by atoms with Gasteiger partial charge in [0.05, 0.1) is 5.69 Å². The fourth-order valence-electron chi connectivity index (χ4n) is 1.79. The van der Waals surface area contributed by atoms with Gasteiger partial charge < -0.3 is 9.73 Å². The van der Waals surface area contributed by atoms with E-state index in [1.54, 1.807) is 50.6 Å². The van der Waals surface area contributed by atoms with E-state index in [2.05, 4.69) is 14.7 Å².